The Bertz CT molecular complexity index is 800. The summed E-state index contributed by atoms with van der Waals surface area (Å²) in [5.41, 5.74) is 1.31. The monoisotopic (exact) mass is 344 g/mol. The van der Waals surface area contributed by atoms with Crippen molar-refractivity contribution >= 4 is 10.1 Å². The lowest BCUT2D eigenvalue weighted by Gasteiger charge is -2.13. The number of hydrogen-bond acceptors (Lipinski definition) is 3. The first-order valence-electron chi connectivity index (χ1n) is 6.70. The van der Waals surface area contributed by atoms with Crippen molar-refractivity contribution < 1.29 is 25.8 Å². The number of halogens is 3. The fourth-order valence-electron chi connectivity index (χ4n) is 2.27. The third-order valence-corrected chi connectivity index (χ3v) is 4.50. The molecule has 0 radical (unpaired) electrons. The zero-order valence-electron chi connectivity index (χ0n) is 12.7. The number of aryl methyl sites for hydroxylation is 3. The topological polar surface area (TPSA) is 43.4 Å². The van der Waals surface area contributed by atoms with Crippen molar-refractivity contribution in [3.63, 3.8) is 0 Å². The van der Waals surface area contributed by atoms with Crippen LogP contribution in [0.2, 0.25) is 0 Å². The average molecular weight is 344 g/mol. The van der Waals surface area contributed by atoms with Gasteiger partial charge in [-0.3, -0.25) is 0 Å². The maximum atomic E-state index is 12.5. The van der Waals surface area contributed by atoms with Gasteiger partial charge in [0.25, 0.3) is 0 Å². The Morgan fingerprint density at radius 1 is 0.913 bits per heavy atom. The van der Waals surface area contributed by atoms with E-state index in [4.69, 9.17) is 4.18 Å². The zero-order chi connectivity index (χ0) is 17.4. The number of hydrogen-bond donors (Lipinski definition) is 0. The third kappa shape index (κ3) is 3.85. The average Bonchev–Trinajstić information content (AvgIpc) is 2.42. The lowest BCUT2D eigenvalue weighted by atomic mass is 10.1. The van der Waals surface area contributed by atoms with E-state index in [-0.39, 0.29) is 10.6 Å². The van der Waals surface area contributed by atoms with Crippen LogP contribution in [0.3, 0.4) is 0 Å². The minimum atomic E-state index is -4.52. The summed E-state index contributed by atoms with van der Waals surface area (Å²) >= 11 is 0. The van der Waals surface area contributed by atoms with E-state index >= 15 is 0 Å². The molecule has 0 aliphatic rings. The maximum absolute atomic E-state index is 12.5. The van der Waals surface area contributed by atoms with E-state index in [2.05, 4.69) is 0 Å². The van der Waals surface area contributed by atoms with Crippen LogP contribution in [0.1, 0.15) is 22.3 Å². The molecule has 0 amide bonds. The van der Waals surface area contributed by atoms with Gasteiger partial charge in [0.05, 0.1) is 5.56 Å². The third-order valence-electron chi connectivity index (χ3n) is 3.27. The van der Waals surface area contributed by atoms with Gasteiger partial charge in [-0.2, -0.15) is 21.6 Å². The molecule has 0 fully saturated rings. The minimum absolute atomic E-state index is 0.190. The van der Waals surface area contributed by atoms with Gasteiger partial charge in [0.1, 0.15) is 10.6 Å². The number of alkyl halides is 3. The van der Waals surface area contributed by atoms with Crippen molar-refractivity contribution in [2.24, 2.45) is 0 Å². The molecule has 0 saturated heterocycles. The van der Waals surface area contributed by atoms with E-state index in [0.717, 1.165) is 17.7 Å². The molecule has 0 aliphatic heterocycles. The molecule has 0 aliphatic carbocycles. The molecule has 0 saturated carbocycles. The fraction of sp³-hybridized carbons (Fsp3) is 0.250. The van der Waals surface area contributed by atoms with E-state index < -0.39 is 21.9 Å². The van der Waals surface area contributed by atoms with Crippen LogP contribution in [0.15, 0.2) is 41.3 Å². The molecular weight excluding hydrogens is 329 g/mol. The summed E-state index contributed by atoms with van der Waals surface area (Å²) in [6, 6.07) is 6.74. The number of rotatable bonds is 3. The molecule has 2 rings (SSSR count). The van der Waals surface area contributed by atoms with Crippen LogP contribution in [-0.2, 0) is 16.3 Å². The first-order valence-corrected chi connectivity index (χ1v) is 8.11. The van der Waals surface area contributed by atoms with E-state index in [1.54, 1.807) is 26.0 Å². The van der Waals surface area contributed by atoms with Crippen molar-refractivity contribution in [1.29, 1.82) is 0 Å². The molecule has 23 heavy (non-hydrogen) atoms. The second-order valence-corrected chi connectivity index (χ2v) is 6.83. The standard InChI is InChI=1S/C16H15F3O3S/c1-10-8-11(2)15(12(3)9-10)22-23(20,21)14-6-4-13(5-7-14)16(17,18)19/h4-9H,1-3H3. The fourth-order valence-corrected chi connectivity index (χ4v) is 3.31. The van der Waals surface area contributed by atoms with Crippen LogP contribution in [0.25, 0.3) is 0 Å². The molecule has 0 spiro atoms. The largest absolute Gasteiger partial charge is 0.416 e. The van der Waals surface area contributed by atoms with Crippen LogP contribution in [-0.4, -0.2) is 8.42 Å². The minimum Gasteiger partial charge on any atom is -0.378 e. The molecule has 0 N–H and O–H groups in total. The molecule has 2 aromatic carbocycles. The highest BCUT2D eigenvalue weighted by Gasteiger charge is 2.31. The summed E-state index contributed by atoms with van der Waals surface area (Å²) in [6.45, 7) is 5.28. The molecule has 0 bridgehead atoms. The molecular formula is C16H15F3O3S. The lowest BCUT2D eigenvalue weighted by Crippen LogP contribution is -2.12. The molecule has 0 heterocycles. The molecule has 3 nitrogen and oxygen atoms in total. The predicted octanol–water partition coefficient (Wildman–Crippen LogP) is 4.40. The summed E-state index contributed by atoms with van der Waals surface area (Å²) in [7, 11) is -4.20. The maximum Gasteiger partial charge on any atom is 0.416 e. The Morgan fingerprint density at radius 3 is 1.83 bits per heavy atom. The molecule has 2 aromatic rings. The summed E-state index contributed by atoms with van der Waals surface area (Å²) < 4.78 is 67.2. The quantitative estimate of drug-likeness (QED) is 0.775. The first kappa shape index (κ1) is 17.3. The summed E-state index contributed by atoms with van der Waals surface area (Å²) in [5, 5.41) is 0. The van der Waals surface area contributed by atoms with Gasteiger partial charge in [0, 0.05) is 0 Å². The van der Waals surface area contributed by atoms with Gasteiger partial charge in [-0.25, -0.2) is 0 Å². The molecule has 0 unspecified atom stereocenters. The van der Waals surface area contributed by atoms with Crippen LogP contribution >= 0.6 is 0 Å². The Hall–Kier alpha value is -2.02. The normalized spacial score (nSPS) is 12.3. The van der Waals surface area contributed by atoms with Gasteiger partial charge in [-0.1, -0.05) is 17.7 Å². The lowest BCUT2D eigenvalue weighted by molar-refractivity contribution is -0.137. The Morgan fingerprint density at radius 2 is 1.39 bits per heavy atom. The summed E-state index contributed by atoms with van der Waals surface area (Å²) in [6.07, 6.45) is -4.52. The van der Waals surface area contributed by atoms with E-state index in [1.165, 1.54) is 0 Å². The van der Waals surface area contributed by atoms with E-state index in [1.807, 2.05) is 6.92 Å². The highest BCUT2D eigenvalue weighted by Crippen LogP contribution is 2.31. The predicted molar refractivity (Wildman–Crippen MR) is 79.9 cm³/mol. The Balaban J connectivity index is 2.37. The highest BCUT2D eigenvalue weighted by molar-refractivity contribution is 7.87. The van der Waals surface area contributed by atoms with Crippen LogP contribution in [0.5, 0.6) is 5.75 Å². The van der Waals surface area contributed by atoms with Crippen molar-refractivity contribution in [2.45, 2.75) is 31.8 Å². The van der Waals surface area contributed by atoms with Gasteiger partial charge < -0.3 is 4.18 Å². The van der Waals surface area contributed by atoms with E-state index in [0.29, 0.717) is 23.3 Å². The first-order chi connectivity index (χ1) is 10.5. The van der Waals surface area contributed by atoms with Crippen molar-refractivity contribution in [1.82, 2.24) is 0 Å². The van der Waals surface area contributed by atoms with Crippen molar-refractivity contribution in [2.75, 3.05) is 0 Å². The Labute approximate surface area is 132 Å². The number of benzene rings is 2. The van der Waals surface area contributed by atoms with Gasteiger partial charge in [0.15, 0.2) is 0 Å². The van der Waals surface area contributed by atoms with Gasteiger partial charge >= 0.3 is 16.3 Å². The zero-order valence-corrected chi connectivity index (χ0v) is 13.5. The van der Waals surface area contributed by atoms with Gasteiger partial charge in [0.2, 0.25) is 0 Å². The SMILES string of the molecule is Cc1cc(C)c(OS(=O)(=O)c2ccc(C(F)(F)F)cc2)c(C)c1. The summed E-state index contributed by atoms with van der Waals surface area (Å²) in [5.74, 6) is 0.190. The summed E-state index contributed by atoms with van der Waals surface area (Å²) in [4.78, 5) is -0.329. The molecule has 124 valence electrons. The van der Waals surface area contributed by atoms with Gasteiger partial charge in [-0.15, -0.1) is 0 Å². The second kappa shape index (κ2) is 5.88. The van der Waals surface area contributed by atoms with Crippen LogP contribution < -0.4 is 4.18 Å². The molecule has 7 heteroatoms. The Kier molecular flexibility index (Phi) is 4.43. The highest BCUT2D eigenvalue weighted by atomic mass is 32.2. The van der Waals surface area contributed by atoms with Crippen molar-refractivity contribution in [3.8, 4) is 5.75 Å². The van der Waals surface area contributed by atoms with Crippen molar-refractivity contribution in [3.05, 3.63) is 58.7 Å². The molecule has 0 atom stereocenters. The smallest absolute Gasteiger partial charge is 0.378 e. The second-order valence-electron chi connectivity index (χ2n) is 5.29. The van der Waals surface area contributed by atoms with Crippen LogP contribution in [0, 0.1) is 20.8 Å². The van der Waals surface area contributed by atoms with Crippen LogP contribution in [0.4, 0.5) is 13.2 Å². The van der Waals surface area contributed by atoms with E-state index in [9.17, 15) is 21.6 Å². The van der Waals surface area contributed by atoms with Gasteiger partial charge in [-0.05, 0) is 56.2 Å². The molecule has 0 aromatic heterocycles.